The van der Waals surface area contributed by atoms with Gasteiger partial charge >= 0.3 is 5.97 Å². The van der Waals surface area contributed by atoms with Crippen LogP contribution in [0.3, 0.4) is 0 Å². The first-order valence-electron chi connectivity index (χ1n) is 20.7. The molecule has 5 aromatic carbocycles. The molecule has 0 saturated heterocycles. The normalized spacial score (nSPS) is 11.5. The summed E-state index contributed by atoms with van der Waals surface area (Å²) < 4.78 is 22.5. The van der Waals surface area contributed by atoms with E-state index in [0.29, 0.717) is 28.4 Å². The van der Waals surface area contributed by atoms with Gasteiger partial charge in [0.1, 0.15) is 34.1 Å². The summed E-state index contributed by atoms with van der Waals surface area (Å²) in [7, 11) is 0. The molecule has 0 bridgehead atoms. The van der Waals surface area contributed by atoms with Gasteiger partial charge in [-0.3, -0.25) is 0 Å². The van der Waals surface area contributed by atoms with Crippen LogP contribution in [0.5, 0.6) is 17.2 Å². The van der Waals surface area contributed by atoms with Crippen molar-refractivity contribution in [2.45, 2.75) is 79.1 Å². The first kappa shape index (κ1) is 48.0. The summed E-state index contributed by atoms with van der Waals surface area (Å²) in [4.78, 5) is 21.2. The Hall–Kier alpha value is -8.05. The summed E-state index contributed by atoms with van der Waals surface area (Å²) in [6.07, 6.45) is 3.70. The van der Waals surface area contributed by atoms with Crippen molar-refractivity contribution in [1.29, 1.82) is 5.26 Å². The summed E-state index contributed by atoms with van der Waals surface area (Å²) in [5.41, 5.74) is 10.3. The van der Waals surface area contributed by atoms with E-state index in [1.54, 1.807) is 60.8 Å². The molecule has 336 valence electrons. The largest absolute Gasteiger partial charge is 0.488 e. The third-order valence-electron chi connectivity index (χ3n) is 8.65. The lowest BCUT2D eigenvalue weighted by Crippen LogP contribution is -2.23. The number of oxime groups is 1. The summed E-state index contributed by atoms with van der Waals surface area (Å²) in [5, 5.41) is 34.8. The molecule has 0 aliphatic rings. The molecule has 8 aromatic rings. The number of H-pyrrole nitrogens is 2. The van der Waals surface area contributed by atoms with Crippen molar-refractivity contribution in [2.24, 2.45) is 10.9 Å². The van der Waals surface area contributed by atoms with E-state index >= 15 is 0 Å². The second-order valence-electron chi connectivity index (χ2n) is 17.6. The second-order valence-corrected chi connectivity index (χ2v) is 17.6. The number of aromatic nitrogens is 4. The van der Waals surface area contributed by atoms with Gasteiger partial charge < -0.3 is 44.7 Å². The SMILES string of the molecule is CC(C)(C)Oc1ccc(-c2noc(-c3ccc4[nH]ccc4c3)n2)cc1.CC(C)(C)Oc1ccc(/C(N)=N/O)cc1.CC(C)(C)Oc1ccc(C#N)cc1.O=C(O)c1ccc2[nH]ccc2c1. The van der Waals surface area contributed by atoms with Crippen molar-refractivity contribution in [1.82, 2.24) is 20.1 Å². The molecule has 3 heterocycles. The molecule has 0 radical (unpaired) electrons. The molecular formula is C51H55N7O7. The molecule has 0 fully saturated rings. The predicted octanol–water partition coefficient (Wildman–Crippen LogP) is 11.6. The number of aromatic amines is 2. The number of rotatable bonds is 7. The number of benzene rings is 5. The quantitative estimate of drug-likeness (QED) is 0.0439. The average molecular weight is 878 g/mol. The first-order chi connectivity index (χ1) is 30.7. The number of hydrogen-bond donors (Lipinski definition) is 5. The summed E-state index contributed by atoms with van der Waals surface area (Å²) in [6.45, 7) is 18.0. The second kappa shape index (κ2) is 20.9. The molecule has 0 atom stereocenters. The van der Waals surface area contributed by atoms with Crippen LogP contribution in [0, 0.1) is 11.3 Å². The number of aromatic carboxylic acids is 1. The van der Waals surface area contributed by atoms with Crippen molar-refractivity contribution in [3.05, 3.63) is 150 Å². The van der Waals surface area contributed by atoms with Gasteiger partial charge in [0.2, 0.25) is 5.82 Å². The Balaban J connectivity index is 0.000000172. The van der Waals surface area contributed by atoms with Crippen LogP contribution < -0.4 is 19.9 Å². The van der Waals surface area contributed by atoms with Crippen LogP contribution in [-0.2, 0) is 0 Å². The highest BCUT2D eigenvalue weighted by Crippen LogP contribution is 2.27. The highest BCUT2D eigenvalue weighted by molar-refractivity contribution is 5.97. The molecule has 0 aliphatic carbocycles. The van der Waals surface area contributed by atoms with Crippen LogP contribution in [0.2, 0.25) is 0 Å². The van der Waals surface area contributed by atoms with E-state index in [9.17, 15) is 4.79 Å². The van der Waals surface area contributed by atoms with Crippen molar-refractivity contribution in [2.75, 3.05) is 0 Å². The molecule has 0 aliphatic heterocycles. The highest BCUT2D eigenvalue weighted by atomic mass is 16.5. The number of nitrogens with two attached hydrogens (primary N) is 1. The first-order valence-corrected chi connectivity index (χ1v) is 20.7. The number of carbonyl (C=O) groups is 1. The van der Waals surface area contributed by atoms with Crippen molar-refractivity contribution < 1.29 is 33.8 Å². The number of nitrogens with one attached hydrogen (secondary N) is 2. The summed E-state index contributed by atoms with van der Waals surface area (Å²) >= 11 is 0. The summed E-state index contributed by atoms with van der Waals surface area (Å²) in [5.74, 6) is 2.65. The van der Waals surface area contributed by atoms with Crippen molar-refractivity contribution >= 4 is 33.6 Å². The maximum atomic E-state index is 10.6. The number of amidine groups is 1. The van der Waals surface area contributed by atoms with Gasteiger partial charge in [-0.2, -0.15) is 10.2 Å². The van der Waals surface area contributed by atoms with E-state index < -0.39 is 5.97 Å². The fraction of sp³-hybridized carbons (Fsp3) is 0.235. The Morgan fingerprint density at radius 3 is 1.57 bits per heavy atom. The number of carboxylic acid groups (broad SMARTS) is 1. The number of fused-ring (bicyclic) bond motifs is 2. The van der Waals surface area contributed by atoms with Gasteiger partial charge in [0.05, 0.1) is 17.2 Å². The Morgan fingerprint density at radius 2 is 1.09 bits per heavy atom. The summed E-state index contributed by atoms with van der Waals surface area (Å²) in [6, 6.07) is 38.8. The van der Waals surface area contributed by atoms with Crippen molar-refractivity contribution in [3.8, 4) is 46.2 Å². The van der Waals surface area contributed by atoms with Crippen LogP contribution >= 0.6 is 0 Å². The van der Waals surface area contributed by atoms with Crippen LogP contribution in [-0.4, -0.2) is 59.0 Å². The molecule has 0 amide bonds. The zero-order chi connectivity index (χ0) is 47.4. The van der Waals surface area contributed by atoms with Gasteiger partial charge in [-0.1, -0.05) is 10.3 Å². The van der Waals surface area contributed by atoms with E-state index in [-0.39, 0.29) is 22.6 Å². The molecule has 0 spiro atoms. The Morgan fingerprint density at radius 1 is 0.646 bits per heavy atom. The number of hydrogen-bond acceptors (Lipinski definition) is 10. The van der Waals surface area contributed by atoms with Crippen LogP contribution in [0.1, 0.15) is 83.8 Å². The van der Waals surface area contributed by atoms with E-state index in [1.807, 2.05) is 135 Å². The monoisotopic (exact) mass is 877 g/mol. The zero-order valence-corrected chi connectivity index (χ0v) is 38.0. The highest BCUT2D eigenvalue weighted by Gasteiger charge is 2.15. The van der Waals surface area contributed by atoms with Crippen molar-refractivity contribution in [3.63, 3.8) is 0 Å². The number of nitriles is 1. The fourth-order valence-corrected chi connectivity index (χ4v) is 5.91. The predicted molar refractivity (Wildman–Crippen MR) is 254 cm³/mol. The third kappa shape index (κ3) is 15.1. The zero-order valence-electron chi connectivity index (χ0n) is 38.0. The van der Waals surface area contributed by atoms with Gasteiger partial charge in [0.25, 0.3) is 5.89 Å². The standard InChI is InChI=1S/C20H19N3O2.C11H16N2O2.C11H13NO.C9H7NO2/c1-20(2,3)24-16-7-4-13(5-8-16)18-22-19(25-23-18)15-6-9-17-14(12-15)10-11-21-17;1-11(2,3)15-9-6-4-8(5-7-9)10(12)13-14;1-11(2,3)13-10-6-4-9(8-12)5-7-10;11-9(12)7-1-2-8-6(5-7)3-4-10-8/h4-12,21H,1-3H3;4-7,14H,1-3H3,(H2,12,13);4-7H,1-3H3;1-5,10H,(H,11,12). The molecule has 14 nitrogen and oxygen atoms in total. The van der Waals surface area contributed by atoms with Gasteiger partial charge in [-0.05, 0) is 184 Å². The van der Waals surface area contributed by atoms with E-state index in [1.165, 1.54) is 0 Å². The van der Waals surface area contributed by atoms with Crippen LogP contribution in [0.15, 0.2) is 143 Å². The molecule has 0 saturated carbocycles. The third-order valence-corrected chi connectivity index (χ3v) is 8.65. The lowest BCUT2D eigenvalue weighted by atomic mass is 10.1. The average Bonchev–Trinajstić information content (AvgIpc) is 4.05. The van der Waals surface area contributed by atoms with Gasteiger partial charge in [0, 0.05) is 50.9 Å². The van der Waals surface area contributed by atoms with Crippen LogP contribution in [0.25, 0.3) is 44.6 Å². The van der Waals surface area contributed by atoms with Gasteiger partial charge in [-0.15, -0.1) is 0 Å². The number of carboxylic acids is 1. The maximum Gasteiger partial charge on any atom is 0.335 e. The van der Waals surface area contributed by atoms with Gasteiger partial charge in [0.15, 0.2) is 5.84 Å². The molecule has 0 unspecified atom stereocenters. The van der Waals surface area contributed by atoms with Crippen LogP contribution in [0.4, 0.5) is 0 Å². The molecule has 6 N–H and O–H groups in total. The lowest BCUT2D eigenvalue weighted by molar-refractivity contribution is 0.0696. The number of ether oxygens (including phenoxy) is 3. The molecule has 65 heavy (non-hydrogen) atoms. The smallest absolute Gasteiger partial charge is 0.335 e. The van der Waals surface area contributed by atoms with E-state index in [4.69, 9.17) is 40.0 Å². The molecular weight excluding hydrogens is 823 g/mol. The van der Waals surface area contributed by atoms with Gasteiger partial charge in [-0.25, -0.2) is 4.79 Å². The topological polar surface area (TPSA) is 218 Å². The lowest BCUT2D eigenvalue weighted by Gasteiger charge is -2.21. The van der Waals surface area contributed by atoms with E-state index in [2.05, 4.69) is 31.3 Å². The van der Waals surface area contributed by atoms with E-state index in [0.717, 1.165) is 50.2 Å². The Bertz CT molecular complexity index is 2850. The molecule has 8 rings (SSSR count). The minimum atomic E-state index is -0.891. The maximum absolute atomic E-state index is 10.6. The minimum absolute atomic E-state index is 0.0947. The molecule has 14 heteroatoms. The minimum Gasteiger partial charge on any atom is -0.488 e. The fourth-order valence-electron chi connectivity index (χ4n) is 5.91. The number of nitrogens with zero attached hydrogens (tertiary/aromatic N) is 4. The molecule has 3 aromatic heterocycles. The Labute approximate surface area is 378 Å². The Kier molecular flexibility index (Phi) is 15.4.